The van der Waals surface area contributed by atoms with Crippen LogP contribution in [0.4, 0.5) is 5.69 Å². The van der Waals surface area contributed by atoms with Gasteiger partial charge in [-0.05, 0) is 43.5 Å². The smallest absolute Gasteiger partial charge is 0.229 e. The number of carbonyl (C=O) groups excluding carboxylic acids is 1. The lowest BCUT2D eigenvalue weighted by molar-refractivity contribution is -0.119. The molecule has 1 saturated carbocycles. The highest BCUT2D eigenvalue weighted by atomic mass is 16.5. The maximum Gasteiger partial charge on any atom is 0.229 e. The van der Waals surface area contributed by atoms with E-state index in [9.17, 15) is 4.79 Å². The van der Waals surface area contributed by atoms with E-state index in [2.05, 4.69) is 10.6 Å². The molecule has 1 aliphatic carbocycles. The van der Waals surface area contributed by atoms with Gasteiger partial charge in [0.25, 0.3) is 0 Å². The van der Waals surface area contributed by atoms with Gasteiger partial charge in [-0.25, -0.2) is 0 Å². The lowest BCUT2D eigenvalue weighted by atomic mass is 10.1. The minimum Gasteiger partial charge on any atom is -0.492 e. The van der Waals surface area contributed by atoms with Crippen molar-refractivity contribution in [2.24, 2.45) is 5.92 Å². The molecule has 1 aromatic rings. The van der Waals surface area contributed by atoms with Crippen LogP contribution < -0.4 is 15.4 Å². The minimum absolute atomic E-state index is 0.0191. The summed E-state index contributed by atoms with van der Waals surface area (Å²) < 4.78 is 10.9. The van der Waals surface area contributed by atoms with Gasteiger partial charge in [0.1, 0.15) is 12.4 Å². The zero-order valence-electron chi connectivity index (χ0n) is 12.1. The third kappa shape index (κ3) is 4.44. The SMILES string of the molecule is O=C(Nc1ccc(OCCNC2CC2)cc1)C1CCOC1. The number of nitrogens with one attached hydrogen (secondary N) is 2. The highest BCUT2D eigenvalue weighted by Gasteiger charge is 2.23. The molecule has 1 heterocycles. The molecule has 1 aliphatic heterocycles. The Bertz CT molecular complexity index is 465. The number of ether oxygens (including phenoxy) is 2. The molecule has 2 N–H and O–H groups in total. The van der Waals surface area contributed by atoms with Gasteiger partial charge < -0.3 is 20.1 Å². The fourth-order valence-corrected chi connectivity index (χ4v) is 2.34. The van der Waals surface area contributed by atoms with Crippen LogP contribution in [0.3, 0.4) is 0 Å². The summed E-state index contributed by atoms with van der Waals surface area (Å²) in [4.78, 5) is 11.9. The van der Waals surface area contributed by atoms with Crippen molar-refractivity contribution in [1.82, 2.24) is 5.32 Å². The zero-order valence-corrected chi connectivity index (χ0v) is 12.1. The third-order valence-corrected chi connectivity index (χ3v) is 3.80. The number of amides is 1. The number of hydrogen-bond donors (Lipinski definition) is 2. The average molecular weight is 290 g/mol. The summed E-state index contributed by atoms with van der Waals surface area (Å²) in [5.41, 5.74) is 0.801. The molecule has 0 radical (unpaired) electrons. The molecule has 2 aliphatic rings. The van der Waals surface area contributed by atoms with Gasteiger partial charge in [0.05, 0.1) is 12.5 Å². The Hall–Kier alpha value is -1.59. The molecule has 5 nitrogen and oxygen atoms in total. The first-order valence-electron chi connectivity index (χ1n) is 7.66. The Balaban J connectivity index is 1.41. The number of rotatable bonds is 7. The monoisotopic (exact) mass is 290 g/mol. The summed E-state index contributed by atoms with van der Waals surface area (Å²) in [6.07, 6.45) is 3.39. The van der Waals surface area contributed by atoms with Crippen LogP contribution in [0.5, 0.6) is 5.75 Å². The molecular weight excluding hydrogens is 268 g/mol. The van der Waals surface area contributed by atoms with Crippen molar-refractivity contribution in [2.45, 2.75) is 25.3 Å². The third-order valence-electron chi connectivity index (χ3n) is 3.80. The lowest BCUT2D eigenvalue weighted by Crippen LogP contribution is -2.23. The average Bonchev–Trinajstić information content (AvgIpc) is 3.15. The number of carbonyl (C=O) groups is 1. The van der Waals surface area contributed by atoms with Crippen LogP contribution in [0.15, 0.2) is 24.3 Å². The van der Waals surface area contributed by atoms with Crippen molar-refractivity contribution in [1.29, 1.82) is 0 Å². The Morgan fingerprint density at radius 3 is 2.71 bits per heavy atom. The van der Waals surface area contributed by atoms with Gasteiger partial charge in [-0.1, -0.05) is 0 Å². The first-order chi connectivity index (χ1) is 10.3. The summed E-state index contributed by atoms with van der Waals surface area (Å²) >= 11 is 0. The van der Waals surface area contributed by atoms with Crippen molar-refractivity contribution < 1.29 is 14.3 Å². The maximum absolute atomic E-state index is 11.9. The van der Waals surface area contributed by atoms with E-state index in [1.807, 2.05) is 24.3 Å². The molecule has 114 valence electrons. The number of benzene rings is 1. The molecule has 1 unspecified atom stereocenters. The normalized spacial score (nSPS) is 21.2. The molecule has 0 spiro atoms. The molecule has 3 rings (SSSR count). The first-order valence-corrected chi connectivity index (χ1v) is 7.66. The van der Waals surface area contributed by atoms with Gasteiger partial charge in [0, 0.05) is 24.9 Å². The molecule has 5 heteroatoms. The molecular formula is C16H22N2O3. The van der Waals surface area contributed by atoms with Gasteiger partial charge in [-0.3, -0.25) is 4.79 Å². The highest BCUT2D eigenvalue weighted by molar-refractivity contribution is 5.92. The van der Waals surface area contributed by atoms with E-state index < -0.39 is 0 Å². The molecule has 1 atom stereocenters. The Morgan fingerprint density at radius 1 is 1.24 bits per heavy atom. The predicted molar refractivity (Wildman–Crippen MR) is 80.5 cm³/mol. The van der Waals surface area contributed by atoms with Crippen molar-refractivity contribution >= 4 is 11.6 Å². The molecule has 1 saturated heterocycles. The fourth-order valence-electron chi connectivity index (χ4n) is 2.34. The highest BCUT2D eigenvalue weighted by Crippen LogP contribution is 2.19. The second-order valence-corrected chi connectivity index (χ2v) is 5.65. The standard InChI is InChI=1S/C16H22N2O3/c19-16(12-7-9-20-11-12)18-14-3-5-15(6-4-14)21-10-8-17-13-1-2-13/h3-6,12-13,17H,1-2,7-11H2,(H,18,19). The van der Waals surface area contributed by atoms with Gasteiger partial charge >= 0.3 is 0 Å². The van der Waals surface area contributed by atoms with Crippen molar-refractivity contribution in [3.05, 3.63) is 24.3 Å². The van der Waals surface area contributed by atoms with E-state index in [4.69, 9.17) is 9.47 Å². The van der Waals surface area contributed by atoms with E-state index in [1.54, 1.807) is 0 Å². The Labute approximate surface area is 125 Å². The molecule has 1 amide bonds. The van der Waals surface area contributed by atoms with Crippen LogP contribution in [0.25, 0.3) is 0 Å². The quantitative estimate of drug-likeness (QED) is 0.752. The summed E-state index contributed by atoms with van der Waals surface area (Å²) in [7, 11) is 0. The lowest BCUT2D eigenvalue weighted by Gasteiger charge is -2.11. The predicted octanol–water partition coefficient (Wildman–Crippen LogP) is 1.79. The number of hydrogen-bond acceptors (Lipinski definition) is 4. The summed E-state index contributed by atoms with van der Waals surface area (Å²) in [6.45, 7) is 2.76. The zero-order chi connectivity index (χ0) is 14.5. The van der Waals surface area contributed by atoms with E-state index in [-0.39, 0.29) is 11.8 Å². The van der Waals surface area contributed by atoms with Gasteiger partial charge in [0.2, 0.25) is 5.91 Å². The Kier molecular flexibility index (Phi) is 4.72. The molecule has 0 aromatic heterocycles. The largest absolute Gasteiger partial charge is 0.492 e. The second kappa shape index (κ2) is 6.91. The number of anilines is 1. The first kappa shape index (κ1) is 14.4. The fraction of sp³-hybridized carbons (Fsp3) is 0.562. The summed E-state index contributed by atoms with van der Waals surface area (Å²) in [5, 5.41) is 6.32. The topological polar surface area (TPSA) is 59.6 Å². The molecule has 21 heavy (non-hydrogen) atoms. The van der Waals surface area contributed by atoms with Crippen LogP contribution in [-0.2, 0) is 9.53 Å². The van der Waals surface area contributed by atoms with E-state index >= 15 is 0 Å². The van der Waals surface area contributed by atoms with Crippen molar-refractivity contribution in [2.75, 3.05) is 31.7 Å². The maximum atomic E-state index is 11.9. The summed E-state index contributed by atoms with van der Waals surface area (Å²) in [6, 6.07) is 8.23. The van der Waals surface area contributed by atoms with E-state index in [1.165, 1.54) is 12.8 Å². The summed E-state index contributed by atoms with van der Waals surface area (Å²) in [5.74, 6) is 0.846. The van der Waals surface area contributed by atoms with Gasteiger partial charge in [-0.15, -0.1) is 0 Å². The van der Waals surface area contributed by atoms with Gasteiger partial charge in [0.15, 0.2) is 0 Å². The van der Waals surface area contributed by atoms with E-state index in [0.29, 0.717) is 25.9 Å². The van der Waals surface area contributed by atoms with Crippen LogP contribution in [0, 0.1) is 5.92 Å². The van der Waals surface area contributed by atoms with Crippen LogP contribution in [0.2, 0.25) is 0 Å². The van der Waals surface area contributed by atoms with Crippen LogP contribution in [-0.4, -0.2) is 38.3 Å². The van der Waals surface area contributed by atoms with Gasteiger partial charge in [-0.2, -0.15) is 0 Å². The van der Waals surface area contributed by atoms with E-state index in [0.717, 1.165) is 24.4 Å². The Morgan fingerprint density at radius 2 is 2.05 bits per heavy atom. The molecule has 2 fully saturated rings. The second-order valence-electron chi connectivity index (χ2n) is 5.65. The van der Waals surface area contributed by atoms with Crippen LogP contribution in [0.1, 0.15) is 19.3 Å². The minimum atomic E-state index is -0.0191. The molecule has 0 bridgehead atoms. The molecule has 1 aromatic carbocycles. The van der Waals surface area contributed by atoms with Crippen molar-refractivity contribution in [3.8, 4) is 5.75 Å². The van der Waals surface area contributed by atoms with Crippen molar-refractivity contribution in [3.63, 3.8) is 0 Å². The van der Waals surface area contributed by atoms with Crippen LogP contribution >= 0.6 is 0 Å².